The summed E-state index contributed by atoms with van der Waals surface area (Å²) >= 11 is 5.82. The van der Waals surface area contributed by atoms with Crippen LogP contribution in [0.3, 0.4) is 0 Å². The van der Waals surface area contributed by atoms with Gasteiger partial charge in [-0.2, -0.15) is 0 Å². The van der Waals surface area contributed by atoms with Gasteiger partial charge in [-0.25, -0.2) is 4.98 Å². The molecule has 3 nitrogen and oxygen atoms in total. The summed E-state index contributed by atoms with van der Waals surface area (Å²) in [5, 5.41) is 0.478. The smallest absolute Gasteiger partial charge is 0.400 e. The maximum absolute atomic E-state index is 5.86. The molecule has 1 aromatic heterocycles. The van der Waals surface area contributed by atoms with Crippen LogP contribution in [0.15, 0.2) is 24.3 Å². The molecule has 0 bridgehead atoms. The second-order valence-electron chi connectivity index (χ2n) is 5.40. The molecule has 1 aliphatic rings. The quantitative estimate of drug-likeness (QED) is 0.607. The number of rotatable bonds is 2. The summed E-state index contributed by atoms with van der Waals surface area (Å²) in [6.45, 7) is 8.13. The highest BCUT2D eigenvalue weighted by atomic mass is 35.5. The zero-order valence-corrected chi connectivity index (χ0v) is 11.9. The van der Waals surface area contributed by atoms with Gasteiger partial charge < -0.3 is 9.31 Å². The van der Waals surface area contributed by atoms with E-state index in [2.05, 4.69) is 4.98 Å². The van der Waals surface area contributed by atoms with E-state index in [0.29, 0.717) is 5.15 Å². The third kappa shape index (κ3) is 2.77. The fraction of sp³-hybridized carbons (Fsp3) is 0.462. The molecule has 1 saturated heterocycles. The molecule has 0 aliphatic carbocycles. The molecule has 2 heterocycles. The zero-order valence-electron chi connectivity index (χ0n) is 11.1. The van der Waals surface area contributed by atoms with Gasteiger partial charge in [0.15, 0.2) is 0 Å². The van der Waals surface area contributed by atoms with Crippen LogP contribution in [0.2, 0.25) is 5.15 Å². The van der Waals surface area contributed by atoms with Crippen molar-refractivity contribution in [1.82, 2.24) is 4.98 Å². The van der Waals surface area contributed by atoms with Gasteiger partial charge in [-0.05, 0) is 45.4 Å². The summed E-state index contributed by atoms with van der Waals surface area (Å²) in [7, 11) is -0.332. The Labute approximate surface area is 113 Å². The number of pyridine rings is 1. The van der Waals surface area contributed by atoms with Crippen molar-refractivity contribution in [2.24, 2.45) is 0 Å². The molecule has 2 rings (SSSR count). The van der Waals surface area contributed by atoms with Crippen molar-refractivity contribution in [1.29, 1.82) is 0 Å². The molecule has 0 saturated carbocycles. The van der Waals surface area contributed by atoms with Crippen LogP contribution in [0.1, 0.15) is 33.3 Å². The van der Waals surface area contributed by atoms with E-state index in [-0.39, 0.29) is 18.3 Å². The van der Waals surface area contributed by atoms with E-state index < -0.39 is 0 Å². The molecule has 0 aromatic carbocycles. The van der Waals surface area contributed by atoms with E-state index in [1.54, 1.807) is 12.3 Å². The molecular weight excluding hydrogens is 248 g/mol. The van der Waals surface area contributed by atoms with E-state index in [9.17, 15) is 0 Å². The number of halogens is 1. The Kier molecular flexibility index (Phi) is 3.54. The Morgan fingerprint density at radius 1 is 1.22 bits per heavy atom. The highest BCUT2D eigenvalue weighted by Gasteiger charge is 2.49. The van der Waals surface area contributed by atoms with Crippen molar-refractivity contribution >= 4 is 24.8 Å². The summed E-state index contributed by atoms with van der Waals surface area (Å²) in [6.07, 6.45) is 3.60. The van der Waals surface area contributed by atoms with Crippen LogP contribution in [0.4, 0.5) is 0 Å². The minimum atomic E-state index is -0.332. The van der Waals surface area contributed by atoms with Crippen LogP contribution >= 0.6 is 11.6 Å². The van der Waals surface area contributed by atoms with Gasteiger partial charge in [-0.1, -0.05) is 23.7 Å². The molecule has 1 fully saturated rings. The van der Waals surface area contributed by atoms with Gasteiger partial charge in [-0.15, -0.1) is 0 Å². The monoisotopic (exact) mass is 265 g/mol. The van der Waals surface area contributed by atoms with Crippen LogP contribution < -0.4 is 0 Å². The number of aromatic nitrogens is 1. The molecule has 1 aliphatic heterocycles. The molecule has 0 amide bonds. The first-order valence-electron chi connectivity index (χ1n) is 5.96. The van der Waals surface area contributed by atoms with Crippen LogP contribution in [-0.2, 0) is 9.31 Å². The van der Waals surface area contributed by atoms with E-state index in [0.717, 1.165) is 5.56 Å². The largest absolute Gasteiger partial charge is 0.487 e. The van der Waals surface area contributed by atoms with E-state index in [1.165, 1.54) is 0 Å². The van der Waals surface area contributed by atoms with Crippen LogP contribution in [0.25, 0.3) is 6.08 Å². The highest BCUT2D eigenvalue weighted by molar-refractivity contribution is 6.52. The van der Waals surface area contributed by atoms with Gasteiger partial charge >= 0.3 is 7.12 Å². The molecular formula is C13H17BClNO2. The molecule has 0 unspecified atom stereocenters. The average Bonchev–Trinajstić information content (AvgIpc) is 2.45. The lowest BCUT2D eigenvalue weighted by Crippen LogP contribution is -2.41. The normalized spacial score (nSPS) is 21.7. The molecule has 18 heavy (non-hydrogen) atoms. The average molecular weight is 266 g/mol. The third-order valence-electron chi connectivity index (χ3n) is 3.47. The first kappa shape index (κ1) is 13.6. The minimum absolute atomic E-state index is 0.308. The molecule has 96 valence electrons. The van der Waals surface area contributed by atoms with Gasteiger partial charge in [0, 0.05) is 6.20 Å². The maximum atomic E-state index is 5.86. The van der Waals surface area contributed by atoms with Gasteiger partial charge in [0.2, 0.25) is 0 Å². The summed E-state index contributed by atoms with van der Waals surface area (Å²) < 4.78 is 11.7. The summed E-state index contributed by atoms with van der Waals surface area (Å²) in [5.41, 5.74) is 0.361. The standard InChI is InChI=1S/C13H17BClNO2/c1-12(2)13(3,4)18-14(17-12)7-5-10-6-8-16-11(15)9-10/h5-9H,1-4H3/b7-5+. The molecule has 0 N–H and O–H groups in total. The first-order chi connectivity index (χ1) is 8.30. The molecule has 0 radical (unpaired) electrons. The van der Waals surface area contributed by atoms with Gasteiger partial charge in [0.05, 0.1) is 11.2 Å². The topological polar surface area (TPSA) is 31.4 Å². The third-order valence-corrected chi connectivity index (χ3v) is 3.67. The fourth-order valence-electron chi connectivity index (χ4n) is 1.68. The Hall–Kier alpha value is -0.835. The number of hydrogen-bond acceptors (Lipinski definition) is 3. The van der Waals surface area contributed by atoms with E-state index >= 15 is 0 Å². The van der Waals surface area contributed by atoms with Crippen molar-refractivity contribution in [3.8, 4) is 0 Å². The van der Waals surface area contributed by atoms with E-state index in [4.69, 9.17) is 20.9 Å². The summed E-state index contributed by atoms with van der Waals surface area (Å²) in [5.74, 6) is 1.89. The lowest BCUT2D eigenvalue weighted by atomic mass is 9.89. The highest BCUT2D eigenvalue weighted by Crippen LogP contribution is 2.36. The van der Waals surface area contributed by atoms with Crippen molar-refractivity contribution in [2.75, 3.05) is 0 Å². The van der Waals surface area contributed by atoms with Crippen LogP contribution in [-0.4, -0.2) is 23.3 Å². The second kappa shape index (κ2) is 4.69. The van der Waals surface area contributed by atoms with Crippen molar-refractivity contribution in [3.63, 3.8) is 0 Å². The van der Waals surface area contributed by atoms with Crippen LogP contribution in [0, 0.1) is 0 Å². The number of hydrogen-bond donors (Lipinski definition) is 0. The molecule has 5 heteroatoms. The lowest BCUT2D eigenvalue weighted by molar-refractivity contribution is 0.00578. The predicted octanol–water partition coefficient (Wildman–Crippen LogP) is 3.38. The molecule has 0 atom stereocenters. The predicted molar refractivity (Wildman–Crippen MR) is 74.4 cm³/mol. The van der Waals surface area contributed by atoms with Gasteiger partial charge in [0.1, 0.15) is 5.15 Å². The van der Waals surface area contributed by atoms with Gasteiger partial charge in [-0.3, -0.25) is 0 Å². The van der Waals surface area contributed by atoms with Gasteiger partial charge in [0.25, 0.3) is 0 Å². The second-order valence-corrected chi connectivity index (χ2v) is 5.78. The Morgan fingerprint density at radius 2 is 1.83 bits per heavy atom. The van der Waals surface area contributed by atoms with Crippen molar-refractivity contribution < 1.29 is 9.31 Å². The fourth-order valence-corrected chi connectivity index (χ4v) is 1.86. The minimum Gasteiger partial charge on any atom is -0.400 e. The van der Waals surface area contributed by atoms with Crippen LogP contribution in [0.5, 0.6) is 0 Å². The van der Waals surface area contributed by atoms with Crippen molar-refractivity contribution in [3.05, 3.63) is 35.0 Å². The lowest BCUT2D eigenvalue weighted by Gasteiger charge is -2.32. The SMILES string of the molecule is CC1(C)OB(/C=C/c2ccnc(Cl)c2)OC1(C)C. The zero-order chi connectivity index (χ0) is 13.4. The van der Waals surface area contributed by atoms with E-state index in [1.807, 2.05) is 45.8 Å². The summed E-state index contributed by atoms with van der Waals surface area (Å²) in [4.78, 5) is 3.93. The Morgan fingerprint density at radius 3 is 2.39 bits per heavy atom. The number of nitrogens with zero attached hydrogens (tertiary/aromatic N) is 1. The van der Waals surface area contributed by atoms with Crippen molar-refractivity contribution in [2.45, 2.75) is 38.9 Å². The Bertz CT molecular complexity index is 458. The Balaban J connectivity index is 2.08. The molecule has 1 aromatic rings. The first-order valence-corrected chi connectivity index (χ1v) is 6.33. The summed E-state index contributed by atoms with van der Waals surface area (Å²) in [6, 6.07) is 3.68. The molecule has 0 spiro atoms. The maximum Gasteiger partial charge on any atom is 0.487 e.